The lowest BCUT2D eigenvalue weighted by molar-refractivity contribution is 0.0327. The maximum atomic E-state index is 12.7. The fraction of sp³-hybridized carbons (Fsp3) is 0.474. The molecule has 4 nitrogen and oxygen atoms in total. The number of aryl methyl sites for hydroxylation is 1. The molecule has 3 rings (SSSR count). The van der Waals surface area contributed by atoms with Gasteiger partial charge in [0.2, 0.25) is 0 Å². The van der Waals surface area contributed by atoms with Crippen LogP contribution in [-0.4, -0.2) is 28.1 Å². The molecule has 1 aliphatic rings. The Bertz CT molecular complexity index is 801. The van der Waals surface area contributed by atoms with Gasteiger partial charge in [0.25, 0.3) is 0 Å². The molecule has 0 aliphatic carbocycles. The Kier molecular flexibility index (Phi) is 4.38. The molecule has 0 radical (unpaired) electrons. The van der Waals surface area contributed by atoms with E-state index in [9.17, 15) is 4.79 Å². The Morgan fingerprint density at radius 2 is 2.12 bits per heavy atom. The molecule has 1 amide bonds. The molecule has 0 N–H and O–H groups in total. The van der Waals surface area contributed by atoms with Crippen LogP contribution in [0.5, 0.6) is 0 Å². The number of fused-ring (bicyclic) bond motifs is 1. The summed E-state index contributed by atoms with van der Waals surface area (Å²) in [5, 5.41) is 1.05. The van der Waals surface area contributed by atoms with E-state index in [0.717, 1.165) is 28.2 Å². The van der Waals surface area contributed by atoms with Crippen molar-refractivity contribution < 1.29 is 9.53 Å². The highest BCUT2D eigenvalue weighted by molar-refractivity contribution is 7.18. The maximum absolute atomic E-state index is 12.7. The Hall–Kier alpha value is -1.88. The van der Waals surface area contributed by atoms with Gasteiger partial charge >= 0.3 is 6.09 Å². The number of rotatable bonds is 1. The molecule has 1 aromatic carbocycles. The zero-order valence-corrected chi connectivity index (χ0v) is 15.7. The van der Waals surface area contributed by atoms with Crippen LogP contribution in [0.4, 0.5) is 4.79 Å². The van der Waals surface area contributed by atoms with Crippen LogP contribution in [0.1, 0.15) is 44.7 Å². The van der Waals surface area contributed by atoms with Crippen molar-refractivity contribution in [1.29, 1.82) is 0 Å². The Morgan fingerprint density at radius 3 is 2.83 bits per heavy atom. The van der Waals surface area contributed by atoms with Crippen LogP contribution in [0.25, 0.3) is 15.9 Å². The standard InChI is InChI=1S/C19H24N2O2S/c1-12-6-8-16(21(11-12)18(22)23-19(3,4)5)14-7-9-17-15(10-14)20-13(2)24-17/h7-10,12H,6,11H2,1-5H3/t12-/m0/s1. The molecule has 0 saturated heterocycles. The zero-order chi connectivity index (χ0) is 17.5. The van der Waals surface area contributed by atoms with Gasteiger partial charge in [0.15, 0.2) is 0 Å². The summed E-state index contributed by atoms with van der Waals surface area (Å²) >= 11 is 1.69. The molecule has 2 aromatic rings. The van der Waals surface area contributed by atoms with Gasteiger partial charge in [-0.2, -0.15) is 0 Å². The minimum atomic E-state index is -0.501. The lowest BCUT2D eigenvalue weighted by atomic mass is 9.98. The summed E-state index contributed by atoms with van der Waals surface area (Å²) in [6.07, 6.45) is 2.82. The third kappa shape index (κ3) is 3.61. The first-order chi connectivity index (χ1) is 11.2. The fourth-order valence-electron chi connectivity index (χ4n) is 2.87. The SMILES string of the molecule is Cc1nc2cc(C3=CC[C@H](C)CN3C(=O)OC(C)(C)C)ccc2s1. The number of carbonyl (C=O) groups excluding carboxylic acids is 1. The summed E-state index contributed by atoms with van der Waals surface area (Å²) in [7, 11) is 0. The quantitative estimate of drug-likeness (QED) is 0.712. The van der Waals surface area contributed by atoms with Crippen molar-refractivity contribution in [2.24, 2.45) is 5.92 Å². The predicted octanol–water partition coefficient (Wildman–Crippen LogP) is 5.22. The van der Waals surface area contributed by atoms with Crippen LogP contribution in [0.3, 0.4) is 0 Å². The summed E-state index contributed by atoms with van der Waals surface area (Å²) in [4.78, 5) is 19.0. The number of allylic oxidation sites excluding steroid dienone is 1. The van der Waals surface area contributed by atoms with Gasteiger partial charge in [-0.3, -0.25) is 4.90 Å². The smallest absolute Gasteiger partial charge is 0.414 e. The first-order valence-corrected chi connectivity index (χ1v) is 9.13. The minimum Gasteiger partial charge on any atom is -0.443 e. The number of carbonyl (C=O) groups is 1. The summed E-state index contributed by atoms with van der Waals surface area (Å²) < 4.78 is 6.77. The molecule has 0 fully saturated rings. The highest BCUT2D eigenvalue weighted by Crippen LogP contribution is 2.32. The molecule has 2 heterocycles. The van der Waals surface area contributed by atoms with Crippen LogP contribution in [0.15, 0.2) is 24.3 Å². The molecule has 1 atom stereocenters. The molecule has 1 aliphatic heterocycles. The second-order valence-corrected chi connectivity index (χ2v) is 8.67. The average Bonchev–Trinajstić information content (AvgIpc) is 2.84. The Balaban J connectivity index is 1.96. The van der Waals surface area contributed by atoms with E-state index in [1.54, 1.807) is 16.2 Å². The second kappa shape index (κ2) is 6.20. The normalized spacial score (nSPS) is 18.6. The highest BCUT2D eigenvalue weighted by atomic mass is 32.1. The van der Waals surface area contributed by atoms with E-state index in [2.05, 4.69) is 36.2 Å². The summed E-state index contributed by atoms with van der Waals surface area (Å²) in [5.74, 6) is 0.423. The van der Waals surface area contributed by atoms with Crippen molar-refractivity contribution in [1.82, 2.24) is 9.88 Å². The first kappa shape index (κ1) is 17.0. The lowest BCUT2D eigenvalue weighted by Crippen LogP contribution is -2.39. The maximum Gasteiger partial charge on any atom is 0.414 e. The van der Waals surface area contributed by atoms with Crippen molar-refractivity contribution in [2.45, 2.75) is 46.6 Å². The van der Waals surface area contributed by atoms with E-state index in [1.807, 2.05) is 27.7 Å². The third-order valence-corrected chi connectivity index (χ3v) is 4.85. The van der Waals surface area contributed by atoms with E-state index in [-0.39, 0.29) is 6.09 Å². The van der Waals surface area contributed by atoms with E-state index in [0.29, 0.717) is 12.5 Å². The van der Waals surface area contributed by atoms with Gasteiger partial charge < -0.3 is 4.74 Å². The minimum absolute atomic E-state index is 0.283. The number of amides is 1. The van der Waals surface area contributed by atoms with Gasteiger partial charge in [0.1, 0.15) is 5.60 Å². The van der Waals surface area contributed by atoms with Crippen molar-refractivity contribution in [3.8, 4) is 0 Å². The molecular formula is C19H24N2O2S. The van der Waals surface area contributed by atoms with E-state index >= 15 is 0 Å². The zero-order valence-electron chi connectivity index (χ0n) is 14.9. The summed E-state index contributed by atoms with van der Waals surface area (Å²) in [5.41, 5.74) is 2.43. The van der Waals surface area contributed by atoms with Crippen molar-refractivity contribution >= 4 is 33.3 Å². The van der Waals surface area contributed by atoms with Gasteiger partial charge in [-0.05, 0) is 52.2 Å². The van der Waals surface area contributed by atoms with Crippen LogP contribution in [0, 0.1) is 12.8 Å². The fourth-order valence-corrected chi connectivity index (χ4v) is 3.68. The van der Waals surface area contributed by atoms with Crippen molar-refractivity contribution in [3.05, 3.63) is 34.8 Å². The lowest BCUT2D eigenvalue weighted by Gasteiger charge is -2.33. The second-order valence-electron chi connectivity index (χ2n) is 7.44. The number of nitrogens with zero attached hydrogens (tertiary/aromatic N) is 2. The number of thiazole rings is 1. The van der Waals surface area contributed by atoms with Gasteiger partial charge in [-0.1, -0.05) is 19.1 Å². The summed E-state index contributed by atoms with van der Waals surface area (Å²) in [6.45, 7) is 10.5. The topological polar surface area (TPSA) is 42.4 Å². The van der Waals surface area contributed by atoms with Gasteiger partial charge in [-0.15, -0.1) is 11.3 Å². The molecule has 0 spiro atoms. The van der Waals surface area contributed by atoms with E-state index < -0.39 is 5.60 Å². The average molecular weight is 344 g/mol. The molecular weight excluding hydrogens is 320 g/mol. The van der Waals surface area contributed by atoms with Crippen LogP contribution in [0.2, 0.25) is 0 Å². The van der Waals surface area contributed by atoms with Crippen molar-refractivity contribution in [3.63, 3.8) is 0 Å². The molecule has 0 unspecified atom stereocenters. The number of ether oxygens (including phenoxy) is 1. The third-order valence-electron chi connectivity index (χ3n) is 3.90. The van der Waals surface area contributed by atoms with Crippen molar-refractivity contribution in [2.75, 3.05) is 6.54 Å². The monoisotopic (exact) mass is 344 g/mol. The van der Waals surface area contributed by atoms with Crippen LogP contribution < -0.4 is 0 Å². The van der Waals surface area contributed by atoms with Gasteiger partial charge in [-0.25, -0.2) is 9.78 Å². The largest absolute Gasteiger partial charge is 0.443 e. The Morgan fingerprint density at radius 1 is 1.38 bits per heavy atom. The van der Waals surface area contributed by atoms with Gasteiger partial charge in [0.05, 0.1) is 20.9 Å². The van der Waals surface area contributed by atoms with E-state index in [1.165, 1.54) is 4.70 Å². The highest BCUT2D eigenvalue weighted by Gasteiger charge is 2.29. The summed E-state index contributed by atoms with van der Waals surface area (Å²) in [6, 6.07) is 6.22. The van der Waals surface area contributed by atoms with Crippen LogP contribution >= 0.6 is 11.3 Å². The van der Waals surface area contributed by atoms with E-state index in [4.69, 9.17) is 4.74 Å². The molecule has 1 aromatic heterocycles. The number of aromatic nitrogens is 1. The molecule has 128 valence electrons. The van der Waals surface area contributed by atoms with Crippen LogP contribution in [-0.2, 0) is 4.74 Å². The molecule has 5 heteroatoms. The first-order valence-electron chi connectivity index (χ1n) is 8.31. The molecule has 0 saturated carbocycles. The predicted molar refractivity (Wildman–Crippen MR) is 99.1 cm³/mol. The molecule has 24 heavy (non-hydrogen) atoms. The van der Waals surface area contributed by atoms with Gasteiger partial charge in [0, 0.05) is 12.1 Å². The molecule has 0 bridgehead atoms. The number of hydrogen-bond acceptors (Lipinski definition) is 4. The number of hydrogen-bond donors (Lipinski definition) is 0. The number of benzene rings is 1. The Labute approximate surface area is 147 Å².